The number of rotatable bonds is 7. The van der Waals surface area contributed by atoms with Crippen molar-refractivity contribution in [3.8, 4) is 17.0 Å². The van der Waals surface area contributed by atoms with Gasteiger partial charge in [-0.1, -0.05) is 17.7 Å². The number of pyridine rings is 2. The minimum absolute atomic E-state index is 0.456. The quantitative estimate of drug-likeness (QED) is 0.371. The molecule has 0 bridgehead atoms. The summed E-state index contributed by atoms with van der Waals surface area (Å²) in [5.41, 5.74) is 3.20. The molecule has 158 valence electrons. The van der Waals surface area contributed by atoms with Gasteiger partial charge < -0.3 is 10.1 Å². The first kappa shape index (κ1) is 19.9. The third-order valence-corrected chi connectivity index (χ3v) is 5.13. The molecule has 32 heavy (non-hydrogen) atoms. The highest BCUT2D eigenvalue weighted by molar-refractivity contribution is 6.33. The average Bonchev–Trinajstić information content (AvgIpc) is 3.23. The first-order valence-corrected chi connectivity index (χ1v) is 10.3. The minimum atomic E-state index is 0.456. The van der Waals surface area contributed by atoms with Gasteiger partial charge in [0.05, 0.1) is 23.5 Å². The van der Waals surface area contributed by atoms with E-state index in [1.807, 2.05) is 36.4 Å². The van der Waals surface area contributed by atoms with Crippen LogP contribution in [-0.4, -0.2) is 36.7 Å². The minimum Gasteiger partial charge on any atom is -0.491 e. The van der Waals surface area contributed by atoms with E-state index in [1.165, 1.54) is 0 Å². The molecule has 0 spiro atoms. The van der Waals surface area contributed by atoms with Crippen LogP contribution < -0.4 is 10.1 Å². The van der Waals surface area contributed by atoms with E-state index in [2.05, 4.69) is 35.5 Å². The Morgan fingerprint density at radius 1 is 0.969 bits per heavy atom. The summed E-state index contributed by atoms with van der Waals surface area (Å²) < 4.78 is 6.15. The van der Waals surface area contributed by atoms with Crippen LogP contribution in [0.1, 0.15) is 5.69 Å². The van der Waals surface area contributed by atoms with Crippen molar-refractivity contribution in [1.82, 2.24) is 30.1 Å². The van der Waals surface area contributed by atoms with Gasteiger partial charge in [0.2, 0.25) is 0 Å². The second-order valence-corrected chi connectivity index (χ2v) is 7.35. The summed E-state index contributed by atoms with van der Waals surface area (Å²) in [5.74, 6) is 1.83. The zero-order valence-corrected chi connectivity index (χ0v) is 17.6. The van der Waals surface area contributed by atoms with Crippen molar-refractivity contribution in [3.05, 3.63) is 84.2 Å². The lowest BCUT2D eigenvalue weighted by atomic mass is 10.1. The van der Waals surface area contributed by atoms with E-state index in [1.54, 1.807) is 37.1 Å². The number of anilines is 2. The van der Waals surface area contributed by atoms with Crippen molar-refractivity contribution in [2.45, 2.75) is 6.42 Å². The number of aromatic nitrogens is 6. The molecule has 0 aliphatic carbocycles. The summed E-state index contributed by atoms with van der Waals surface area (Å²) in [6, 6.07) is 13.3. The number of nitrogens with zero attached hydrogens (tertiary/aromatic N) is 5. The molecule has 0 radical (unpaired) electrons. The third-order valence-electron chi connectivity index (χ3n) is 4.82. The van der Waals surface area contributed by atoms with Crippen molar-refractivity contribution >= 4 is 34.1 Å². The molecule has 0 aliphatic rings. The molecule has 1 aromatic carbocycles. The molecule has 0 saturated heterocycles. The average molecular weight is 444 g/mol. The van der Waals surface area contributed by atoms with E-state index in [-0.39, 0.29) is 0 Å². The Labute approximate surface area is 188 Å². The zero-order valence-electron chi connectivity index (χ0n) is 16.9. The second kappa shape index (κ2) is 8.99. The molecule has 0 saturated carbocycles. The number of nitrogens with one attached hydrogen (secondary N) is 2. The first-order valence-electron chi connectivity index (χ1n) is 9.97. The summed E-state index contributed by atoms with van der Waals surface area (Å²) in [6.45, 7) is 0.456. The lowest BCUT2D eigenvalue weighted by Crippen LogP contribution is -2.03. The number of halogens is 1. The highest BCUT2D eigenvalue weighted by Gasteiger charge is 2.16. The number of aromatic amines is 1. The lowest BCUT2D eigenvalue weighted by molar-refractivity contribution is 0.324. The predicted molar refractivity (Wildman–Crippen MR) is 123 cm³/mol. The van der Waals surface area contributed by atoms with Crippen LogP contribution in [0.15, 0.2) is 73.4 Å². The van der Waals surface area contributed by atoms with Crippen LogP contribution in [0.25, 0.3) is 22.2 Å². The van der Waals surface area contributed by atoms with Crippen LogP contribution in [0.3, 0.4) is 0 Å². The number of fused-ring (bicyclic) bond motifs is 1. The summed E-state index contributed by atoms with van der Waals surface area (Å²) in [5, 5.41) is 12.1. The van der Waals surface area contributed by atoms with Gasteiger partial charge in [-0.2, -0.15) is 5.10 Å². The molecule has 9 heteroatoms. The molecule has 5 rings (SSSR count). The van der Waals surface area contributed by atoms with Crippen LogP contribution in [-0.2, 0) is 6.42 Å². The summed E-state index contributed by atoms with van der Waals surface area (Å²) in [4.78, 5) is 17.2. The first-order chi connectivity index (χ1) is 15.8. The molecule has 0 aliphatic heterocycles. The molecule has 5 aromatic rings. The second-order valence-electron chi connectivity index (χ2n) is 6.94. The molecule has 4 heterocycles. The van der Waals surface area contributed by atoms with Crippen LogP contribution in [0.5, 0.6) is 5.75 Å². The number of ether oxygens (including phenoxy) is 1. The Hall–Kier alpha value is -4.04. The molecule has 0 unspecified atom stereocenters. The Morgan fingerprint density at radius 3 is 2.72 bits per heavy atom. The van der Waals surface area contributed by atoms with Crippen molar-refractivity contribution in [3.63, 3.8) is 0 Å². The smallest absolute Gasteiger partial charge is 0.161 e. The van der Waals surface area contributed by atoms with Crippen molar-refractivity contribution in [2.75, 3.05) is 11.9 Å². The molecule has 0 atom stereocenters. The largest absolute Gasteiger partial charge is 0.491 e. The molecule has 4 aromatic heterocycles. The maximum atomic E-state index is 6.42. The number of hydrogen-bond donors (Lipinski definition) is 2. The SMILES string of the molecule is Clc1cccnc1-c1cc(OCCc2ccccn2)c2[nH]nc(Nc3cnccn3)c2c1. The molecule has 8 nitrogen and oxygen atoms in total. The van der Waals surface area contributed by atoms with Gasteiger partial charge in [0.1, 0.15) is 17.1 Å². The van der Waals surface area contributed by atoms with Crippen LogP contribution in [0.2, 0.25) is 5.02 Å². The van der Waals surface area contributed by atoms with Gasteiger partial charge >= 0.3 is 0 Å². The fourth-order valence-corrected chi connectivity index (χ4v) is 3.56. The van der Waals surface area contributed by atoms with Crippen LogP contribution in [0, 0.1) is 0 Å². The fraction of sp³-hybridized carbons (Fsp3) is 0.0870. The van der Waals surface area contributed by atoms with Crippen LogP contribution >= 0.6 is 11.6 Å². The highest BCUT2D eigenvalue weighted by atomic mass is 35.5. The number of H-pyrrole nitrogens is 1. The van der Waals surface area contributed by atoms with E-state index in [9.17, 15) is 0 Å². The normalized spacial score (nSPS) is 10.9. The van der Waals surface area contributed by atoms with Gasteiger partial charge in [-0.15, -0.1) is 0 Å². The molecule has 0 amide bonds. The topological polar surface area (TPSA) is 102 Å². The van der Waals surface area contributed by atoms with E-state index in [0.717, 1.165) is 22.2 Å². The van der Waals surface area contributed by atoms with Gasteiger partial charge in [-0.25, -0.2) is 4.98 Å². The lowest BCUT2D eigenvalue weighted by Gasteiger charge is -2.11. The Balaban J connectivity index is 1.52. The monoisotopic (exact) mass is 443 g/mol. The Bertz CT molecular complexity index is 1340. The summed E-state index contributed by atoms with van der Waals surface area (Å²) in [6.07, 6.45) is 9.02. The third kappa shape index (κ3) is 4.21. The van der Waals surface area contributed by atoms with Crippen molar-refractivity contribution < 1.29 is 4.74 Å². The van der Waals surface area contributed by atoms with E-state index < -0.39 is 0 Å². The maximum Gasteiger partial charge on any atom is 0.161 e. The maximum absolute atomic E-state index is 6.42. The van der Waals surface area contributed by atoms with Gasteiger partial charge in [-0.3, -0.25) is 20.1 Å². The van der Waals surface area contributed by atoms with Gasteiger partial charge in [-0.05, 0) is 36.4 Å². The van der Waals surface area contributed by atoms with Gasteiger partial charge in [0, 0.05) is 47.9 Å². The van der Waals surface area contributed by atoms with E-state index in [4.69, 9.17) is 16.3 Å². The molecular weight excluding hydrogens is 426 g/mol. The summed E-state index contributed by atoms with van der Waals surface area (Å²) in [7, 11) is 0. The Kier molecular flexibility index (Phi) is 5.59. The van der Waals surface area contributed by atoms with E-state index >= 15 is 0 Å². The summed E-state index contributed by atoms with van der Waals surface area (Å²) >= 11 is 6.42. The van der Waals surface area contributed by atoms with Gasteiger partial charge in [0.15, 0.2) is 5.82 Å². The Morgan fingerprint density at radius 2 is 1.91 bits per heavy atom. The van der Waals surface area contributed by atoms with Crippen molar-refractivity contribution in [2.24, 2.45) is 0 Å². The number of benzene rings is 1. The molecular formula is C23H18ClN7O. The standard InChI is InChI=1S/C23H18ClN7O/c24-18-5-3-8-28-21(18)15-12-17-22(30-31-23(17)29-20-14-25-9-10-27-20)19(13-15)32-11-6-16-4-1-2-7-26-16/h1-5,7-10,12-14H,6,11H2,(H2,27,29,30,31). The van der Waals surface area contributed by atoms with Crippen LogP contribution in [0.4, 0.5) is 11.6 Å². The highest BCUT2D eigenvalue weighted by Crippen LogP contribution is 2.36. The number of hydrogen-bond acceptors (Lipinski definition) is 7. The zero-order chi connectivity index (χ0) is 21.8. The molecule has 2 N–H and O–H groups in total. The molecule has 0 fully saturated rings. The fourth-order valence-electron chi connectivity index (χ4n) is 3.33. The van der Waals surface area contributed by atoms with Gasteiger partial charge in [0.25, 0.3) is 0 Å². The van der Waals surface area contributed by atoms with Crippen molar-refractivity contribution in [1.29, 1.82) is 0 Å². The predicted octanol–water partition coefficient (Wildman–Crippen LogP) is 4.83. The van der Waals surface area contributed by atoms with E-state index in [0.29, 0.717) is 41.1 Å².